The summed E-state index contributed by atoms with van der Waals surface area (Å²) in [6.07, 6.45) is -5.09. The number of hydrogen-bond donors (Lipinski definition) is 2. The van der Waals surface area contributed by atoms with Crippen molar-refractivity contribution < 1.29 is 23.0 Å². The molecular formula is C12H16F3NO2. The number of methoxy groups -OCH3 is 1. The molecule has 2 N–H and O–H groups in total. The molecule has 0 bridgehead atoms. The van der Waals surface area contributed by atoms with Gasteiger partial charge in [-0.25, -0.2) is 0 Å². The number of halogens is 3. The summed E-state index contributed by atoms with van der Waals surface area (Å²) in [5.74, 6) is 0. The lowest BCUT2D eigenvalue weighted by Crippen LogP contribution is -2.30. The summed E-state index contributed by atoms with van der Waals surface area (Å²) >= 11 is 0. The topological polar surface area (TPSA) is 41.5 Å². The first kappa shape index (κ1) is 14.9. The molecule has 1 unspecified atom stereocenters. The second kappa shape index (κ2) is 6.72. The third-order valence-corrected chi connectivity index (χ3v) is 2.38. The molecule has 18 heavy (non-hydrogen) atoms. The highest BCUT2D eigenvalue weighted by atomic mass is 19.4. The first-order valence-electron chi connectivity index (χ1n) is 5.48. The lowest BCUT2D eigenvalue weighted by molar-refractivity contribution is -0.138. The van der Waals surface area contributed by atoms with Crippen molar-refractivity contribution in [2.75, 3.05) is 20.3 Å². The molecule has 1 aromatic rings. The van der Waals surface area contributed by atoms with Crippen LogP contribution in [0.4, 0.5) is 13.2 Å². The van der Waals surface area contributed by atoms with Crippen LogP contribution in [-0.2, 0) is 17.5 Å². The van der Waals surface area contributed by atoms with Crippen LogP contribution in [0, 0.1) is 0 Å². The number of alkyl halides is 3. The molecule has 0 aliphatic rings. The Morgan fingerprint density at radius 1 is 1.33 bits per heavy atom. The van der Waals surface area contributed by atoms with E-state index in [4.69, 9.17) is 4.74 Å². The fourth-order valence-electron chi connectivity index (χ4n) is 1.58. The summed E-state index contributed by atoms with van der Waals surface area (Å²) in [5, 5.41) is 12.1. The van der Waals surface area contributed by atoms with Gasteiger partial charge in [-0.1, -0.05) is 18.2 Å². The Labute approximate surface area is 104 Å². The molecule has 0 aliphatic heterocycles. The van der Waals surface area contributed by atoms with E-state index < -0.39 is 17.8 Å². The van der Waals surface area contributed by atoms with E-state index in [2.05, 4.69) is 5.32 Å². The van der Waals surface area contributed by atoms with Crippen LogP contribution in [0.5, 0.6) is 0 Å². The second-order valence-electron chi connectivity index (χ2n) is 3.89. The molecule has 0 aliphatic carbocycles. The van der Waals surface area contributed by atoms with Gasteiger partial charge in [0.05, 0.1) is 18.3 Å². The maximum Gasteiger partial charge on any atom is 0.416 e. The average Bonchev–Trinajstić information content (AvgIpc) is 2.28. The van der Waals surface area contributed by atoms with Crippen LogP contribution in [-0.4, -0.2) is 31.5 Å². The summed E-state index contributed by atoms with van der Waals surface area (Å²) in [7, 11) is 1.45. The Hall–Kier alpha value is -1.11. The van der Waals surface area contributed by atoms with Crippen molar-refractivity contribution in [3.05, 3.63) is 35.4 Å². The van der Waals surface area contributed by atoms with Crippen LogP contribution in [0.15, 0.2) is 24.3 Å². The Morgan fingerprint density at radius 3 is 2.61 bits per heavy atom. The minimum atomic E-state index is -4.36. The Balaban J connectivity index is 2.57. The third kappa shape index (κ3) is 4.64. The van der Waals surface area contributed by atoms with Crippen LogP contribution >= 0.6 is 0 Å². The first-order valence-corrected chi connectivity index (χ1v) is 5.48. The highest BCUT2D eigenvalue weighted by Crippen LogP contribution is 2.31. The molecule has 1 atom stereocenters. The zero-order chi connectivity index (χ0) is 13.6. The average molecular weight is 263 g/mol. The van der Waals surface area contributed by atoms with Crippen molar-refractivity contribution in [2.24, 2.45) is 0 Å². The van der Waals surface area contributed by atoms with Gasteiger partial charge in [0.15, 0.2) is 0 Å². The molecule has 0 fully saturated rings. The number of aliphatic hydroxyl groups excluding tert-OH is 1. The van der Waals surface area contributed by atoms with Crippen molar-refractivity contribution >= 4 is 0 Å². The molecule has 0 saturated heterocycles. The molecule has 0 amide bonds. The Kier molecular flexibility index (Phi) is 5.58. The van der Waals surface area contributed by atoms with Crippen molar-refractivity contribution in [3.8, 4) is 0 Å². The molecule has 0 heterocycles. The lowest BCUT2D eigenvalue weighted by Gasteiger charge is -2.14. The summed E-state index contributed by atoms with van der Waals surface area (Å²) in [6.45, 7) is 0.379. The lowest BCUT2D eigenvalue weighted by atomic mass is 10.1. The molecule has 0 saturated carbocycles. The highest BCUT2D eigenvalue weighted by Gasteiger charge is 2.32. The minimum Gasteiger partial charge on any atom is -0.389 e. The molecule has 0 spiro atoms. The maximum atomic E-state index is 12.7. The van der Waals surface area contributed by atoms with Gasteiger partial charge in [0.25, 0.3) is 0 Å². The van der Waals surface area contributed by atoms with Crippen molar-refractivity contribution in [1.82, 2.24) is 5.32 Å². The SMILES string of the molecule is COCC(O)CNCc1ccccc1C(F)(F)F. The van der Waals surface area contributed by atoms with Gasteiger partial charge < -0.3 is 15.2 Å². The summed E-state index contributed by atoms with van der Waals surface area (Å²) < 4.78 is 42.7. The van der Waals surface area contributed by atoms with E-state index in [-0.39, 0.29) is 25.3 Å². The van der Waals surface area contributed by atoms with E-state index in [1.165, 1.54) is 19.2 Å². The predicted octanol–water partition coefficient (Wildman–Crippen LogP) is 1.80. The van der Waals surface area contributed by atoms with Crippen molar-refractivity contribution in [3.63, 3.8) is 0 Å². The monoisotopic (exact) mass is 263 g/mol. The molecule has 6 heteroatoms. The van der Waals surface area contributed by atoms with Crippen LogP contribution in [0.25, 0.3) is 0 Å². The largest absolute Gasteiger partial charge is 0.416 e. The molecule has 0 radical (unpaired) electrons. The van der Waals surface area contributed by atoms with Gasteiger partial charge >= 0.3 is 6.18 Å². The second-order valence-corrected chi connectivity index (χ2v) is 3.89. The first-order chi connectivity index (χ1) is 8.45. The minimum absolute atomic E-state index is 0.0520. The van der Waals surface area contributed by atoms with Gasteiger partial charge in [0, 0.05) is 20.2 Å². The van der Waals surface area contributed by atoms with Gasteiger partial charge in [-0.05, 0) is 11.6 Å². The smallest absolute Gasteiger partial charge is 0.389 e. The summed E-state index contributed by atoms with van der Waals surface area (Å²) in [5.41, 5.74) is -0.492. The van der Waals surface area contributed by atoms with Crippen molar-refractivity contribution in [2.45, 2.75) is 18.8 Å². The van der Waals surface area contributed by atoms with Gasteiger partial charge in [0.1, 0.15) is 0 Å². The van der Waals surface area contributed by atoms with Crippen LogP contribution in [0.3, 0.4) is 0 Å². The molecule has 1 aromatic carbocycles. The third-order valence-electron chi connectivity index (χ3n) is 2.38. The number of hydrogen-bond acceptors (Lipinski definition) is 3. The Bertz CT molecular complexity index is 369. The van der Waals surface area contributed by atoms with Gasteiger partial charge in [0.2, 0.25) is 0 Å². The normalized spacial score (nSPS) is 13.6. The van der Waals surface area contributed by atoms with Crippen molar-refractivity contribution in [1.29, 1.82) is 0 Å². The molecule has 0 aromatic heterocycles. The van der Waals surface area contributed by atoms with E-state index in [9.17, 15) is 18.3 Å². The standard InChI is InChI=1S/C12H16F3NO2/c1-18-8-10(17)7-16-6-9-4-2-3-5-11(9)12(13,14)15/h2-5,10,16-17H,6-8H2,1H3. The van der Waals surface area contributed by atoms with E-state index in [0.29, 0.717) is 0 Å². The molecule has 102 valence electrons. The van der Waals surface area contributed by atoms with Crippen LogP contribution < -0.4 is 5.32 Å². The molecule has 1 rings (SSSR count). The van der Waals surface area contributed by atoms with Crippen LogP contribution in [0.2, 0.25) is 0 Å². The summed E-state index contributed by atoms with van der Waals surface area (Å²) in [6, 6.07) is 5.37. The van der Waals surface area contributed by atoms with Gasteiger partial charge in [-0.3, -0.25) is 0 Å². The quantitative estimate of drug-likeness (QED) is 0.822. The highest BCUT2D eigenvalue weighted by molar-refractivity contribution is 5.29. The number of rotatable bonds is 6. The van der Waals surface area contributed by atoms with Crippen LogP contribution in [0.1, 0.15) is 11.1 Å². The maximum absolute atomic E-state index is 12.7. The number of ether oxygens (including phenoxy) is 1. The zero-order valence-corrected chi connectivity index (χ0v) is 10.00. The Morgan fingerprint density at radius 2 is 2.00 bits per heavy atom. The molecule has 3 nitrogen and oxygen atoms in total. The number of aliphatic hydroxyl groups is 1. The predicted molar refractivity (Wildman–Crippen MR) is 61.0 cm³/mol. The van der Waals surface area contributed by atoms with Gasteiger partial charge in [-0.15, -0.1) is 0 Å². The fourth-order valence-corrected chi connectivity index (χ4v) is 1.58. The number of nitrogens with one attached hydrogen (secondary N) is 1. The fraction of sp³-hybridized carbons (Fsp3) is 0.500. The molecular weight excluding hydrogens is 247 g/mol. The van der Waals surface area contributed by atoms with E-state index >= 15 is 0 Å². The number of benzene rings is 1. The summed E-state index contributed by atoms with van der Waals surface area (Å²) in [4.78, 5) is 0. The van der Waals surface area contributed by atoms with E-state index in [1.54, 1.807) is 6.07 Å². The van der Waals surface area contributed by atoms with E-state index in [0.717, 1.165) is 6.07 Å². The van der Waals surface area contributed by atoms with E-state index in [1.807, 2.05) is 0 Å². The zero-order valence-electron chi connectivity index (χ0n) is 10.00. The van der Waals surface area contributed by atoms with Gasteiger partial charge in [-0.2, -0.15) is 13.2 Å².